The quantitative estimate of drug-likeness (QED) is 0.864. The van der Waals surface area contributed by atoms with Crippen LogP contribution in [0.2, 0.25) is 0 Å². The van der Waals surface area contributed by atoms with Gasteiger partial charge in [0.1, 0.15) is 17.2 Å². The van der Waals surface area contributed by atoms with Crippen molar-refractivity contribution >= 4 is 12.1 Å². The third-order valence-corrected chi connectivity index (χ3v) is 3.97. The highest BCUT2D eigenvalue weighted by Crippen LogP contribution is 2.38. The molecule has 1 saturated heterocycles. The van der Waals surface area contributed by atoms with Gasteiger partial charge in [0, 0.05) is 6.42 Å². The van der Waals surface area contributed by atoms with Crippen LogP contribution < -0.4 is 5.32 Å². The summed E-state index contributed by atoms with van der Waals surface area (Å²) in [6.45, 7) is 9.22. The summed E-state index contributed by atoms with van der Waals surface area (Å²) in [4.78, 5) is 24.5. The number of rotatable bonds is 3. The molecule has 0 bridgehead atoms. The Hall–Kier alpha value is -2.04. The fourth-order valence-electron chi connectivity index (χ4n) is 2.63. The maximum Gasteiger partial charge on any atom is 0.408 e. The van der Waals surface area contributed by atoms with Crippen LogP contribution in [0.4, 0.5) is 4.79 Å². The van der Waals surface area contributed by atoms with E-state index in [1.54, 1.807) is 20.8 Å². The highest BCUT2D eigenvalue weighted by Gasteiger charge is 2.50. The van der Waals surface area contributed by atoms with Gasteiger partial charge in [0.15, 0.2) is 0 Å². The molecule has 1 aromatic carbocycles. The van der Waals surface area contributed by atoms with E-state index in [0.717, 1.165) is 11.1 Å². The molecule has 126 valence electrons. The third kappa shape index (κ3) is 4.03. The minimum Gasteiger partial charge on any atom is -0.456 e. The van der Waals surface area contributed by atoms with Crippen molar-refractivity contribution in [1.29, 1.82) is 0 Å². The number of carbonyl (C=O) groups excluding carboxylic acids is 2. The van der Waals surface area contributed by atoms with E-state index < -0.39 is 23.2 Å². The number of nitrogens with one attached hydrogen (secondary N) is 1. The zero-order chi connectivity index (χ0) is 17.3. The first-order chi connectivity index (χ1) is 10.6. The van der Waals surface area contributed by atoms with Gasteiger partial charge in [0.25, 0.3) is 0 Å². The summed E-state index contributed by atoms with van der Waals surface area (Å²) in [6.07, 6.45) is -0.0863. The molecule has 2 rings (SSSR count). The lowest BCUT2D eigenvalue weighted by Gasteiger charge is -2.27. The molecule has 1 aliphatic rings. The Bertz CT molecular complexity index is 588. The lowest BCUT2D eigenvalue weighted by atomic mass is 9.90. The first-order valence-corrected chi connectivity index (χ1v) is 7.94. The predicted molar refractivity (Wildman–Crippen MR) is 87.0 cm³/mol. The average molecular weight is 319 g/mol. The summed E-state index contributed by atoms with van der Waals surface area (Å²) < 4.78 is 10.8. The van der Waals surface area contributed by atoms with Crippen LogP contribution in [-0.2, 0) is 14.3 Å². The van der Waals surface area contributed by atoms with Gasteiger partial charge in [-0.05, 0) is 39.7 Å². The van der Waals surface area contributed by atoms with Crippen LogP contribution in [0.5, 0.6) is 0 Å². The largest absolute Gasteiger partial charge is 0.456 e. The number of hydrogen-bond acceptors (Lipinski definition) is 4. The number of cyclic esters (lactones) is 1. The molecule has 5 heteroatoms. The molecule has 0 spiro atoms. The van der Waals surface area contributed by atoms with Gasteiger partial charge in [-0.25, -0.2) is 9.59 Å². The van der Waals surface area contributed by atoms with Crippen molar-refractivity contribution in [2.45, 2.75) is 64.7 Å². The Balaban J connectivity index is 2.14. The molecular weight excluding hydrogens is 294 g/mol. The molecule has 1 N–H and O–H groups in total. The number of carbonyl (C=O) groups is 2. The SMILES string of the molecule is CCC1(NC(=O)OC(C)(C)C)CC(c2ccc(C)cc2)OC1=O. The summed E-state index contributed by atoms with van der Waals surface area (Å²) in [7, 11) is 0. The number of aryl methyl sites for hydroxylation is 1. The standard InChI is InChI=1S/C18H25NO4/c1-6-18(19-16(21)23-17(3,4)5)11-14(22-15(18)20)13-9-7-12(2)8-10-13/h7-10,14H,6,11H2,1-5H3,(H,19,21). The van der Waals surface area contributed by atoms with Crippen molar-refractivity contribution < 1.29 is 19.1 Å². The number of ether oxygens (including phenoxy) is 2. The molecule has 0 aliphatic carbocycles. The maximum absolute atomic E-state index is 12.4. The highest BCUT2D eigenvalue weighted by molar-refractivity contribution is 5.87. The van der Waals surface area contributed by atoms with Gasteiger partial charge in [-0.2, -0.15) is 0 Å². The Morgan fingerprint density at radius 2 is 1.96 bits per heavy atom. The molecule has 1 fully saturated rings. The van der Waals surface area contributed by atoms with E-state index in [9.17, 15) is 9.59 Å². The number of benzene rings is 1. The van der Waals surface area contributed by atoms with Gasteiger partial charge in [-0.15, -0.1) is 0 Å². The second-order valence-corrected chi connectivity index (χ2v) is 7.07. The fourth-order valence-corrected chi connectivity index (χ4v) is 2.63. The monoisotopic (exact) mass is 319 g/mol. The van der Waals surface area contributed by atoms with Crippen LogP contribution in [0.25, 0.3) is 0 Å². The molecule has 0 saturated carbocycles. The Labute approximate surface area is 137 Å². The van der Waals surface area contributed by atoms with E-state index in [2.05, 4.69) is 5.32 Å². The maximum atomic E-state index is 12.4. The summed E-state index contributed by atoms with van der Waals surface area (Å²) in [5.41, 5.74) is 0.437. The number of esters is 1. The van der Waals surface area contributed by atoms with Gasteiger partial charge < -0.3 is 14.8 Å². The van der Waals surface area contributed by atoms with E-state index in [1.165, 1.54) is 0 Å². The average Bonchev–Trinajstić information content (AvgIpc) is 2.75. The molecule has 2 unspecified atom stereocenters. The summed E-state index contributed by atoms with van der Waals surface area (Å²) >= 11 is 0. The fraction of sp³-hybridized carbons (Fsp3) is 0.556. The second-order valence-electron chi connectivity index (χ2n) is 7.07. The van der Waals surface area contributed by atoms with Crippen molar-refractivity contribution in [3.8, 4) is 0 Å². The molecule has 0 aromatic heterocycles. The van der Waals surface area contributed by atoms with Crippen LogP contribution >= 0.6 is 0 Å². The minimum absolute atomic E-state index is 0.349. The number of hydrogen-bond donors (Lipinski definition) is 1. The Morgan fingerprint density at radius 3 is 2.48 bits per heavy atom. The van der Waals surface area contributed by atoms with Crippen LogP contribution in [0.1, 0.15) is 57.8 Å². The van der Waals surface area contributed by atoms with Crippen molar-refractivity contribution in [2.75, 3.05) is 0 Å². The molecule has 23 heavy (non-hydrogen) atoms. The second kappa shape index (κ2) is 6.22. The molecule has 1 aromatic rings. The van der Waals surface area contributed by atoms with E-state index in [-0.39, 0.29) is 6.10 Å². The normalized spacial score (nSPS) is 24.2. The first kappa shape index (κ1) is 17.3. The molecule has 5 nitrogen and oxygen atoms in total. The van der Waals surface area contributed by atoms with E-state index in [1.807, 2.05) is 38.1 Å². The molecular formula is C18H25NO4. The van der Waals surface area contributed by atoms with Gasteiger partial charge in [-0.1, -0.05) is 36.8 Å². The van der Waals surface area contributed by atoms with Crippen LogP contribution in [0.15, 0.2) is 24.3 Å². The summed E-state index contributed by atoms with van der Waals surface area (Å²) in [6, 6.07) is 7.87. The summed E-state index contributed by atoms with van der Waals surface area (Å²) in [5, 5.41) is 2.72. The van der Waals surface area contributed by atoms with Gasteiger partial charge in [0.05, 0.1) is 0 Å². The van der Waals surface area contributed by atoms with E-state index in [0.29, 0.717) is 12.8 Å². The number of amides is 1. The van der Waals surface area contributed by atoms with Gasteiger partial charge in [0.2, 0.25) is 0 Å². The molecule has 0 radical (unpaired) electrons. The molecule has 1 amide bonds. The smallest absolute Gasteiger partial charge is 0.408 e. The zero-order valence-electron chi connectivity index (χ0n) is 14.4. The van der Waals surface area contributed by atoms with Crippen molar-refractivity contribution in [3.05, 3.63) is 35.4 Å². The predicted octanol–water partition coefficient (Wildman–Crippen LogP) is 3.66. The van der Waals surface area contributed by atoms with Crippen molar-refractivity contribution in [3.63, 3.8) is 0 Å². The van der Waals surface area contributed by atoms with Crippen molar-refractivity contribution in [2.24, 2.45) is 0 Å². The molecule has 1 heterocycles. The van der Waals surface area contributed by atoms with Gasteiger partial charge in [-0.3, -0.25) is 0 Å². The minimum atomic E-state index is -1.03. The molecule has 2 atom stereocenters. The summed E-state index contributed by atoms with van der Waals surface area (Å²) in [5.74, 6) is -0.406. The zero-order valence-corrected chi connectivity index (χ0v) is 14.4. The van der Waals surface area contributed by atoms with Crippen LogP contribution in [0, 0.1) is 6.92 Å². The first-order valence-electron chi connectivity index (χ1n) is 7.94. The van der Waals surface area contributed by atoms with Crippen LogP contribution in [0.3, 0.4) is 0 Å². The topological polar surface area (TPSA) is 64.6 Å². The highest BCUT2D eigenvalue weighted by atomic mass is 16.6. The lowest BCUT2D eigenvalue weighted by Crippen LogP contribution is -2.52. The van der Waals surface area contributed by atoms with E-state index in [4.69, 9.17) is 9.47 Å². The van der Waals surface area contributed by atoms with Crippen molar-refractivity contribution in [1.82, 2.24) is 5.32 Å². The lowest BCUT2D eigenvalue weighted by molar-refractivity contribution is -0.146. The molecule has 1 aliphatic heterocycles. The van der Waals surface area contributed by atoms with E-state index >= 15 is 0 Å². The van der Waals surface area contributed by atoms with Gasteiger partial charge >= 0.3 is 12.1 Å². The third-order valence-electron chi connectivity index (χ3n) is 3.97. The number of alkyl carbamates (subject to hydrolysis) is 1. The Kier molecular flexibility index (Phi) is 4.68. The Morgan fingerprint density at radius 1 is 1.35 bits per heavy atom. The van der Waals surface area contributed by atoms with Crippen LogP contribution in [-0.4, -0.2) is 23.2 Å².